The Hall–Kier alpha value is -0.790. The zero-order valence-corrected chi connectivity index (χ0v) is 7.13. The van der Waals surface area contributed by atoms with Crippen molar-refractivity contribution in [3.8, 4) is 0 Å². The second-order valence-electron chi connectivity index (χ2n) is 3.41. The standard InChI is InChI=1S/C9H15NO/c1-7(2)6-10-9(11)8-4-3-5-8/h3-4,7-8H,5-6H2,1-2H3,(H,10,11). The first-order valence-corrected chi connectivity index (χ1v) is 4.14. The molecule has 0 bridgehead atoms. The van der Waals surface area contributed by atoms with E-state index in [2.05, 4.69) is 19.2 Å². The number of rotatable bonds is 3. The second-order valence-corrected chi connectivity index (χ2v) is 3.41. The maximum atomic E-state index is 11.2. The third kappa shape index (κ3) is 2.37. The van der Waals surface area contributed by atoms with Crippen LogP contribution in [-0.4, -0.2) is 12.5 Å². The summed E-state index contributed by atoms with van der Waals surface area (Å²) in [5.74, 6) is 0.887. The Balaban J connectivity index is 2.16. The number of carbonyl (C=O) groups is 1. The molecule has 0 heterocycles. The van der Waals surface area contributed by atoms with Crippen molar-refractivity contribution >= 4 is 5.91 Å². The maximum absolute atomic E-state index is 11.2. The van der Waals surface area contributed by atoms with Gasteiger partial charge in [-0.1, -0.05) is 26.0 Å². The summed E-state index contributed by atoms with van der Waals surface area (Å²) < 4.78 is 0. The van der Waals surface area contributed by atoms with Crippen LogP contribution in [0.5, 0.6) is 0 Å². The van der Waals surface area contributed by atoms with Crippen LogP contribution in [0.2, 0.25) is 0 Å². The number of hydrogen-bond donors (Lipinski definition) is 1. The molecule has 1 aliphatic rings. The number of amides is 1. The molecular weight excluding hydrogens is 138 g/mol. The van der Waals surface area contributed by atoms with E-state index in [4.69, 9.17) is 0 Å². The van der Waals surface area contributed by atoms with Crippen molar-refractivity contribution in [1.82, 2.24) is 5.32 Å². The lowest BCUT2D eigenvalue weighted by Gasteiger charge is -2.17. The van der Waals surface area contributed by atoms with E-state index >= 15 is 0 Å². The summed E-state index contributed by atoms with van der Waals surface area (Å²) in [5.41, 5.74) is 0. The highest BCUT2D eigenvalue weighted by molar-refractivity contribution is 5.81. The Bertz CT molecular complexity index is 172. The van der Waals surface area contributed by atoms with Crippen molar-refractivity contribution in [3.05, 3.63) is 12.2 Å². The number of allylic oxidation sites excluding steroid dienone is 1. The molecule has 2 heteroatoms. The quantitative estimate of drug-likeness (QED) is 0.609. The third-order valence-corrected chi connectivity index (χ3v) is 1.78. The van der Waals surface area contributed by atoms with Gasteiger partial charge in [0.25, 0.3) is 0 Å². The highest BCUT2D eigenvalue weighted by Gasteiger charge is 2.18. The van der Waals surface area contributed by atoms with Gasteiger partial charge in [0.1, 0.15) is 0 Å². The van der Waals surface area contributed by atoms with Crippen molar-refractivity contribution in [1.29, 1.82) is 0 Å². The molecule has 0 fully saturated rings. The predicted molar refractivity (Wildman–Crippen MR) is 45.1 cm³/mol. The van der Waals surface area contributed by atoms with Crippen molar-refractivity contribution in [3.63, 3.8) is 0 Å². The largest absolute Gasteiger partial charge is 0.355 e. The second kappa shape index (κ2) is 3.56. The summed E-state index contributed by atoms with van der Waals surface area (Å²) in [6.45, 7) is 4.98. The third-order valence-electron chi connectivity index (χ3n) is 1.78. The number of carbonyl (C=O) groups excluding carboxylic acids is 1. The van der Waals surface area contributed by atoms with Crippen molar-refractivity contribution < 1.29 is 4.79 Å². The van der Waals surface area contributed by atoms with Crippen LogP contribution >= 0.6 is 0 Å². The maximum Gasteiger partial charge on any atom is 0.227 e. The molecule has 0 radical (unpaired) electrons. The monoisotopic (exact) mass is 153 g/mol. The van der Waals surface area contributed by atoms with E-state index in [1.54, 1.807) is 0 Å². The van der Waals surface area contributed by atoms with Gasteiger partial charge in [0.15, 0.2) is 0 Å². The minimum Gasteiger partial charge on any atom is -0.355 e. The Morgan fingerprint density at radius 3 is 2.73 bits per heavy atom. The Labute approximate surface area is 67.7 Å². The molecule has 1 N–H and O–H groups in total. The Morgan fingerprint density at radius 1 is 1.73 bits per heavy atom. The molecule has 0 saturated heterocycles. The molecule has 1 atom stereocenters. The minimum atomic E-state index is 0.161. The van der Waals surface area contributed by atoms with E-state index < -0.39 is 0 Å². The van der Waals surface area contributed by atoms with Gasteiger partial charge in [-0.3, -0.25) is 4.79 Å². The molecule has 0 spiro atoms. The molecule has 0 aromatic heterocycles. The van der Waals surface area contributed by atoms with Crippen LogP contribution in [0.4, 0.5) is 0 Å². The first-order valence-electron chi connectivity index (χ1n) is 4.14. The molecule has 0 saturated carbocycles. The fourth-order valence-corrected chi connectivity index (χ4v) is 0.902. The normalized spacial score (nSPS) is 21.5. The van der Waals surface area contributed by atoms with Gasteiger partial charge in [0.2, 0.25) is 5.91 Å². The molecule has 1 unspecified atom stereocenters. The molecule has 0 aromatic rings. The lowest BCUT2D eigenvalue weighted by atomic mass is 9.94. The van der Waals surface area contributed by atoms with Gasteiger partial charge >= 0.3 is 0 Å². The Morgan fingerprint density at radius 2 is 2.36 bits per heavy atom. The highest BCUT2D eigenvalue weighted by atomic mass is 16.1. The van der Waals surface area contributed by atoms with Crippen molar-refractivity contribution in [2.75, 3.05) is 6.54 Å². The zero-order chi connectivity index (χ0) is 8.27. The molecule has 1 rings (SSSR count). The van der Waals surface area contributed by atoms with Crippen LogP contribution in [0.3, 0.4) is 0 Å². The zero-order valence-electron chi connectivity index (χ0n) is 7.13. The molecule has 62 valence electrons. The predicted octanol–water partition coefficient (Wildman–Crippen LogP) is 1.33. The lowest BCUT2D eigenvalue weighted by Crippen LogP contribution is -2.34. The number of hydrogen-bond acceptors (Lipinski definition) is 1. The lowest BCUT2D eigenvalue weighted by molar-refractivity contribution is -0.124. The molecule has 1 aliphatic carbocycles. The summed E-state index contributed by atoms with van der Waals surface area (Å²) in [6.07, 6.45) is 4.90. The van der Waals surface area contributed by atoms with Crippen LogP contribution < -0.4 is 5.32 Å². The highest BCUT2D eigenvalue weighted by Crippen LogP contribution is 2.16. The SMILES string of the molecule is CC(C)CNC(=O)C1C=CC1. The number of nitrogens with one attached hydrogen (secondary N) is 1. The van der Waals surface area contributed by atoms with Crippen LogP contribution in [0.1, 0.15) is 20.3 Å². The van der Waals surface area contributed by atoms with Crippen LogP contribution in [-0.2, 0) is 4.79 Å². The molecule has 1 amide bonds. The van der Waals surface area contributed by atoms with E-state index in [1.165, 1.54) is 0 Å². The summed E-state index contributed by atoms with van der Waals surface area (Å²) in [7, 11) is 0. The summed E-state index contributed by atoms with van der Waals surface area (Å²) in [4.78, 5) is 11.2. The van der Waals surface area contributed by atoms with Gasteiger partial charge in [-0.05, 0) is 12.3 Å². The van der Waals surface area contributed by atoms with Gasteiger partial charge in [-0.25, -0.2) is 0 Å². The van der Waals surface area contributed by atoms with Gasteiger partial charge < -0.3 is 5.32 Å². The average molecular weight is 153 g/mol. The van der Waals surface area contributed by atoms with Crippen molar-refractivity contribution in [2.24, 2.45) is 11.8 Å². The van der Waals surface area contributed by atoms with Gasteiger partial charge in [0, 0.05) is 6.54 Å². The summed E-state index contributed by atoms with van der Waals surface area (Å²) in [6, 6.07) is 0. The average Bonchev–Trinajstić information content (AvgIpc) is 1.79. The summed E-state index contributed by atoms with van der Waals surface area (Å²) >= 11 is 0. The van der Waals surface area contributed by atoms with Gasteiger partial charge in [-0.2, -0.15) is 0 Å². The smallest absolute Gasteiger partial charge is 0.227 e. The molecule has 0 aromatic carbocycles. The van der Waals surface area contributed by atoms with Crippen LogP contribution in [0.15, 0.2) is 12.2 Å². The topological polar surface area (TPSA) is 29.1 Å². The Kier molecular flexibility index (Phi) is 2.69. The first kappa shape index (κ1) is 8.31. The van der Waals surface area contributed by atoms with E-state index in [-0.39, 0.29) is 11.8 Å². The van der Waals surface area contributed by atoms with E-state index in [0.717, 1.165) is 13.0 Å². The molecule has 0 aliphatic heterocycles. The fourth-order valence-electron chi connectivity index (χ4n) is 0.902. The van der Waals surface area contributed by atoms with E-state index in [9.17, 15) is 4.79 Å². The first-order chi connectivity index (χ1) is 5.20. The van der Waals surface area contributed by atoms with Crippen LogP contribution in [0, 0.1) is 11.8 Å². The fraction of sp³-hybridized carbons (Fsp3) is 0.667. The van der Waals surface area contributed by atoms with Gasteiger partial charge in [0.05, 0.1) is 5.92 Å². The van der Waals surface area contributed by atoms with Crippen molar-refractivity contribution in [2.45, 2.75) is 20.3 Å². The van der Waals surface area contributed by atoms with E-state index in [0.29, 0.717) is 5.92 Å². The van der Waals surface area contributed by atoms with Crippen LogP contribution in [0.25, 0.3) is 0 Å². The minimum absolute atomic E-state index is 0.161. The molecule has 11 heavy (non-hydrogen) atoms. The van der Waals surface area contributed by atoms with E-state index in [1.807, 2.05) is 12.2 Å². The summed E-state index contributed by atoms with van der Waals surface area (Å²) in [5, 5.41) is 2.89. The molecule has 2 nitrogen and oxygen atoms in total. The molecular formula is C9H15NO. The van der Waals surface area contributed by atoms with Gasteiger partial charge in [-0.15, -0.1) is 0 Å².